The fourth-order valence-corrected chi connectivity index (χ4v) is 3.89. The molecule has 1 aliphatic heterocycles. The van der Waals surface area contributed by atoms with Gasteiger partial charge in [-0.1, -0.05) is 31.0 Å². The highest BCUT2D eigenvalue weighted by Gasteiger charge is 2.26. The number of benzene rings is 2. The molecular weight excluding hydrogens is 351 g/mol. The Balaban J connectivity index is 1.54. The molecular formula is C20H21FN2O2S. The molecule has 0 spiro atoms. The Labute approximate surface area is 157 Å². The van der Waals surface area contributed by atoms with Gasteiger partial charge in [0.15, 0.2) is 16.6 Å². The average molecular weight is 372 g/mol. The lowest BCUT2D eigenvalue weighted by atomic mass is 10.1. The van der Waals surface area contributed by atoms with Crippen molar-refractivity contribution in [2.75, 3.05) is 12.1 Å². The van der Waals surface area contributed by atoms with Gasteiger partial charge in [-0.05, 0) is 54.9 Å². The first kappa shape index (κ1) is 17.1. The summed E-state index contributed by atoms with van der Waals surface area (Å²) in [5.41, 5.74) is 1.50. The number of hydrogen-bond acceptors (Lipinski definition) is 3. The van der Waals surface area contributed by atoms with E-state index in [4.69, 9.17) is 21.7 Å². The fourth-order valence-electron chi connectivity index (χ4n) is 3.57. The third-order valence-electron chi connectivity index (χ3n) is 4.93. The van der Waals surface area contributed by atoms with E-state index in [9.17, 15) is 4.39 Å². The van der Waals surface area contributed by atoms with Crippen LogP contribution >= 0.6 is 12.2 Å². The largest absolute Gasteiger partial charge is 0.454 e. The molecule has 1 saturated carbocycles. The molecule has 4 rings (SSSR count). The molecule has 4 nitrogen and oxygen atoms in total. The van der Waals surface area contributed by atoms with E-state index >= 15 is 0 Å². The molecule has 6 heteroatoms. The van der Waals surface area contributed by atoms with Gasteiger partial charge in [-0.15, -0.1) is 0 Å². The lowest BCUT2D eigenvalue weighted by Gasteiger charge is -2.32. The minimum absolute atomic E-state index is 0.262. The van der Waals surface area contributed by atoms with Crippen LogP contribution in [0, 0.1) is 5.82 Å². The Bertz CT molecular complexity index is 808. The van der Waals surface area contributed by atoms with E-state index < -0.39 is 0 Å². The third kappa shape index (κ3) is 3.60. The summed E-state index contributed by atoms with van der Waals surface area (Å²) < 4.78 is 24.9. The summed E-state index contributed by atoms with van der Waals surface area (Å²) in [4.78, 5) is 2.17. The maximum Gasteiger partial charge on any atom is 0.231 e. The number of nitrogens with one attached hydrogen (secondary N) is 1. The molecule has 1 heterocycles. The molecule has 1 fully saturated rings. The molecule has 2 aliphatic rings. The van der Waals surface area contributed by atoms with Gasteiger partial charge in [0.2, 0.25) is 6.79 Å². The van der Waals surface area contributed by atoms with Crippen molar-refractivity contribution >= 4 is 23.0 Å². The van der Waals surface area contributed by atoms with Crippen LogP contribution in [0.1, 0.15) is 31.2 Å². The third-order valence-corrected chi connectivity index (χ3v) is 5.27. The first-order valence-corrected chi connectivity index (χ1v) is 9.32. The van der Waals surface area contributed by atoms with Gasteiger partial charge in [0, 0.05) is 12.6 Å². The minimum Gasteiger partial charge on any atom is -0.454 e. The molecule has 136 valence electrons. The van der Waals surface area contributed by atoms with Gasteiger partial charge < -0.3 is 19.7 Å². The monoisotopic (exact) mass is 372 g/mol. The zero-order valence-electron chi connectivity index (χ0n) is 14.4. The highest BCUT2D eigenvalue weighted by Crippen LogP contribution is 2.34. The van der Waals surface area contributed by atoms with Crippen LogP contribution in [-0.2, 0) is 6.54 Å². The van der Waals surface area contributed by atoms with E-state index in [0.717, 1.165) is 29.9 Å². The quantitative estimate of drug-likeness (QED) is 0.787. The number of fused-ring (bicyclic) bond motifs is 1. The molecule has 0 radical (unpaired) electrons. The molecule has 2 aromatic rings. The number of hydrogen-bond donors (Lipinski definition) is 1. The molecule has 0 bridgehead atoms. The minimum atomic E-state index is -0.302. The summed E-state index contributed by atoms with van der Waals surface area (Å²) in [7, 11) is 0. The summed E-state index contributed by atoms with van der Waals surface area (Å²) in [6, 6.07) is 12.9. The van der Waals surface area contributed by atoms with Gasteiger partial charge >= 0.3 is 0 Å². The summed E-state index contributed by atoms with van der Waals surface area (Å²) in [5.74, 6) is 1.24. The van der Waals surface area contributed by atoms with Crippen LogP contribution in [0.25, 0.3) is 0 Å². The van der Waals surface area contributed by atoms with Crippen molar-refractivity contribution < 1.29 is 13.9 Å². The molecule has 0 unspecified atom stereocenters. The number of nitrogens with zero attached hydrogens (tertiary/aromatic N) is 1. The number of para-hydroxylation sites is 1. The number of halogens is 1. The van der Waals surface area contributed by atoms with Crippen molar-refractivity contribution in [3.63, 3.8) is 0 Å². The summed E-state index contributed by atoms with van der Waals surface area (Å²) in [5, 5.41) is 3.64. The number of ether oxygens (including phenoxy) is 2. The Morgan fingerprint density at radius 3 is 2.69 bits per heavy atom. The van der Waals surface area contributed by atoms with Crippen LogP contribution in [0.5, 0.6) is 11.5 Å². The zero-order valence-corrected chi connectivity index (χ0v) is 15.2. The zero-order chi connectivity index (χ0) is 17.9. The first-order chi connectivity index (χ1) is 12.7. The van der Waals surface area contributed by atoms with Crippen molar-refractivity contribution in [3.05, 3.63) is 53.8 Å². The molecule has 1 N–H and O–H groups in total. The maximum absolute atomic E-state index is 14.0. The maximum atomic E-state index is 14.0. The lowest BCUT2D eigenvalue weighted by molar-refractivity contribution is 0.174. The normalized spacial score (nSPS) is 15.9. The van der Waals surface area contributed by atoms with E-state index in [1.807, 2.05) is 18.2 Å². The van der Waals surface area contributed by atoms with Crippen molar-refractivity contribution in [3.8, 4) is 11.5 Å². The van der Waals surface area contributed by atoms with Crippen LogP contribution in [-0.4, -0.2) is 22.8 Å². The van der Waals surface area contributed by atoms with Gasteiger partial charge in [0.25, 0.3) is 0 Å². The second-order valence-electron chi connectivity index (χ2n) is 6.66. The van der Waals surface area contributed by atoms with Crippen LogP contribution < -0.4 is 14.8 Å². The number of anilines is 1. The molecule has 26 heavy (non-hydrogen) atoms. The second-order valence-corrected chi connectivity index (χ2v) is 7.05. The van der Waals surface area contributed by atoms with E-state index in [2.05, 4.69) is 10.2 Å². The number of rotatable bonds is 4. The van der Waals surface area contributed by atoms with Crippen LogP contribution in [0.4, 0.5) is 10.1 Å². The summed E-state index contributed by atoms with van der Waals surface area (Å²) in [6.07, 6.45) is 4.60. The van der Waals surface area contributed by atoms with E-state index in [1.165, 1.54) is 18.9 Å². The smallest absolute Gasteiger partial charge is 0.231 e. The van der Waals surface area contributed by atoms with E-state index in [-0.39, 0.29) is 12.6 Å². The average Bonchev–Trinajstić information content (AvgIpc) is 3.32. The predicted molar refractivity (Wildman–Crippen MR) is 103 cm³/mol. The Morgan fingerprint density at radius 2 is 1.88 bits per heavy atom. The SMILES string of the molecule is Fc1ccccc1NC(=S)N(Cc1ccc2c(c1)OCO2)C1CCCC1. The topological polar surface area (TPSA) is 33.7 Å². The van der Waals surface area contributed by atoms with E-state index in [1.54, 1.807) is 18.2 Å². The van der Waals surface area contributed by atoms with Crippen molar-refractivity contribution in [2.45, 2.75) is 38.3 Å². The standard InChI is InChI=1S/C20H21FN2O2S/c21-16-7-3-4-8-17(16)22-20(26)23(15-5-1-2-6-15)12-14-9-10-18-19(11-14)25-13-24-18/h3-4,7-11,15H,1-2,5-6,12-13H2,(H,22,26). The van der Waals surface area contributed by atoms with Gasteiger partial charge in [-0.25, -0.2) is 4.39 Å². The van der Waals surface area contributed by atoms with Gasteiger partial charge in [-0.2, -0.15) is 0 Å². The Morgan fingerprint density at radius 1 is 1.12 bits per heavy atom. The van der Waals surface area contributed by atoms with Gasteiger partial charge in [0.1, 0.15) is 5.82 Å². The van der Waals surface area contributed by atoms with Gasteiger partial charge in [-0.3, -0.25) is 0 Å². The molecule has 0 amide bonds. The van der Waals surface area contributed by atoms with Crippen LogP contribution in [0.3, 0.4) is 0 Å². The highest BCUT2D eigenvalue weighted by molar-refractivity contribution is 7.80. The first-order valence-electron chi connectivity index (χ1n) is 8.91. The van der Waals surface area contributed by atoms with Crippen LogP contribution in [0.15, 0.2) is 42.5 Å². The predicted octanol–water partition coefficient (Wildman–Crippen LogP) is 4.70. The molecule has 0 atom stereocenters. The van der Waals surface area contributed by atoms with Crippen molar-refractivity contribution in [1.29, 1.82) is 0 Å². The second kappa shape index (κ2) is 7.50. The molecule has 0 aromatic heterocycles. The highest BCUT2D eigenvalue weighted by atomic mass is 32.1. The molecule has 0 saturated heterocycles. The molecule has 2 aromatic carbocycles. The summed E-state index contributed by atoms with van der Waals surface area (Å²) >= 11 is 5.64. The Kier molecular flexibility index (Phi) is 4.93. The summed E-state index contributed by atoms with van der Waals surface area (Å²) in [6.45, 7) is 0.917. The number of thiocarbonyl (C=S) groups is 1. The van der Waals surface area contributed by atoms with E-state index in [0.29, 0.717) is 23.4 Å². The lowest BCUT2D eigenvalue weighted by Crippen LogP contribution is -2.41. The fraction of sp³-hybridized carbons (Fsp3) is 0.350. The van der Waals surface area contributed by atoms with Crippen LogP contribution in [0.2, 0.25) is 0 Å². The van der Waals surface area contributed by atoms with Crippen molar-refractivity contribution in [1.82, 2.24) is 4.90 Å². The Hall–Kier alpha value is -2.34. The van der Waals surface area contributed by atoms with Gasteiger partial charge in [0.05, 0.1) is 5.69 Å². The molecule has 1 aliphatic carbocycles. The van der Waals surface area contributed by atoms with Crippen molar-refractivity contribution in [2.24, 2.45) is 0 Å².